The number of nitrogens with one attached hydrogen (secondary N) is 1. The van der Waals surface area contributed by atoms with Crippen molar-refractivity contribution >= 4 is 45.1 Å². The predicted octanol–water partition coefficient (Wildman–Crippen LogP) is 5.23. The van der Waals surface area contributed by atoms with Gasteiger partial charge in [-0.25, -0.2) is 4.99 Å². The normalized spacial score (nSPS) is 14.9. The molecule has 3 nitrogen and oxygen atoms in total. The number of nitrogens with zero attached hydrogens (tertiary/aromatic N) is 2. The molecule has 0 unspecified atom stereocenters. The van der Waals surface area contributed by atoms with Gasteiger partial charge in [0.25, 0.3) is 0 Å². The summed E-state index contributed by atoms with van der Waals surface area (Å²) in [5.41, 5.74) is 4.92. The minimum absolute atomic E-state index is 0.736. The van der Waals surface area contributed by atoms with Crippen LogP contribution in [0.1, 0.15) is 11.3 Å². The van der Waals surface area contributed by atoms with Gasteiger partial charge in [-0.2, -0.15) is 0 Å². The van der Waals surface area contributed by atoms with Crippen LogP contribution in [0.4, 0.5) is 5.69 Å². The molecule has 0 fully saturated rings. The maximum absolute atomic E-state index is 5.96. The molecule has 0 aliphatic carbocycles. The van der Waals surface area contributed by atoms with Gasteiger partial charge in [0.2, 0.25) is 0 Å². The summed E-state index contributed by atoms with van der Waals surface area (Å²) in [6.45, 7) is 1.86. The molecule has 1 aliphatic rings. The number of rotatable bonds is 1. The van der Waals surface area contributed by atoms with Crippen molar-refractivity contribution in [3.8, 4) is 0 Å². The number of benzene rings is 2. The van der Waals surface area contributed by atoms with Crippen LogP contribution in [-0.2, 0) is 13.0 Å². The van der Waals surface area contributed by atoms with Gasteiger partial charge in [-0.1, -0.05) is 41.6 Å². The topological polar surface area (TPSA) is 31.4 Å². The van der Waals surface area contributed by atoms with Gasteiger partial charge >= 0.3 is 0 Å². The van der Waals surface area contributed by atoms with Crippen molar-refractivity contribution in [3.63, 3.8) is 0 Å². The molecule has 2 heterocycles. The van der Waals surface area contributed by atoms with Gasteiger partial charge in [0, 0.05) is 28.2 Å². The highest BCUT2D eigenvalue weighted by Gasteiger charge is 2.22. The van der Waals surface area contributed by atoms with Crippen LogP contribution in [-0.4, -0.2) is 27.9 Å². The zero-order valence-electron chi connectivity index (χ0n) is 13.4. The van der Waals surface area contributed by atoms with Crippen LogP contribution >= 0.6 is 23.4 Å². The maximum Gasteiger partial charge on any atom is 0.164 e. The summed E-state index contributed by atoms with van der Waals surface area (Å²) in [5.74, 6) is 0. The van der Waals surface area contributed by atoms with E-state index in [4.69, 9.17) is 16.6 Å². The molecule has 1 aliphatic heterocycles. The first kappa shape index (κ1) is 15.6. The number of amidine groups is 1. The Labute approximate surface area is 150 Å². The number of aromatic nitrogens is 1. The lowest BCUT2D eigenvalue weighted by atomic mass is 10.0. The number of H-pyrrole nitrogens is 1. The van der Waals surface area contributed by atoms with Crippen molar-refractivity contribution in [2.24, 2.45) is 4.99 Å². The molecule has 3 aromatic rings. The summed E-state index contributed by atoms with van der Waals surface area (Å²) in [6.07, 6.45) is 3.12. The monoisotopic (exact) mass is 355 g/mol. The van der Waals surface area contributed by atoms with Crippen LogP contribution in [0.25, 0.3) is 10.9 Å². The fraction of sp³-hybridized carbons (Fsp3) is 0.211. The third-order valence-corrected chi connectivity index (χ3v) is 5.35. The Morgan fingerprint density at radius 1 is 1.17 bits per heavy atom. The highest BCUT2D eigenvalue weighted by molar-refractivity contribution is 8.13. The van der Waals surface area contributed by atoms with Gasteiger partial charge in [0.1, 0.15) is 0 Å². The predicted molar refractivity (Wildman–Crippen MR) is 104 cm³/mol. The van der Waals surface area contributed by atoms with Crippen LogP contribution in [0.5, 0.6) is 0 Å². The number of thioether (sulfide) groups is 1. The van der Waals surface area contributed by atoms with E-state index in [2.05, 4.69) is 40.4 Å². The Bertz CT molecular complexity index is 899. The number of hydrogen-bond acceptors (Lipinski definition) is 2. The summed E-state index contributed by atoms with van der Waals surface area (Å²) in [4.78, 5) is 10.7. The number of para-hydroxylation sites is 1. The van der Waals surface area contributed by atoms with Crippen molar-refractivity contribution in [2.45, 2.75) is 13.0 Å². The molecule has 0 bridgehead atoms. The van der Waals surface area contributed by atoms with Gasteiger partial charge in [-0.05, 0) is 48.6 Å². The lowest BCUT2D eigenvalue weighted by molar-refractivity contribution is 0.398. The first-order chi connectivity index (χ1) is 11.7. The Kier molecular flexibility index (Phi) is 4.25. The van der Waals surface area contributed by atoms with E-state index >= 15 is 0 Å². The fourth-order valence-electron chi connectivity index (χ4n) is 3.23. The number of hydrogen-bond donors (Lipinski definition) is 1. The number of aliphatic imine (C=N–C) groups is 1. The van der Waals surface area contributed by atoms with E-state index in [1.165, 1.54) is 22.2 Å². The number of halogens is 1. The van der Waals surface area contributed by atoms with Crippen LogP contribution in [0.2, 0.25) is 5.02 Å². The third kappa shape index (κ3) is 2.92. The molecule has 24 heavy (non-hydrogen) atoms. The molecule has 0 radical (unpaired) electrons. The average molecular weight is 356 g/mol. The van der Waals surface area contributed by atoms with Crippen molar-refractivity contribution in [3.05, 3.63) is 64.8 Å². The SMILES string of the molecule is CSC(=Nc1ccc(Cl)cc1)N1CCc2c([nH]c3ccccc23)C1. The Morgan fingerprint density at radius 3 is 2.75 bits per heavy atom. The number of aromatic amines is 1. The lowest BCUT2D eigenvalue weighted by Gasteiger charge is -2.29. The van der Waals surface area contributed by atoms with Gasteiger partial charge in [-0.3, -0.25) is 0 Å². The highest BCUT2D eigenvalue weighted by atomic mass is 35.5. The second-order valence-corrected chi connectivity index (χ2v) is 7.08. The largest absolute Gasteiger partial charge is 0.357 e. The first-order valence-electron chi connectivity index (χ1n) is 7.96. The molecule has 4 rings (SSSR count). The molecule has 0 amide bonds. The quantitative estimate of drug-likeness (QED) is 0.478. The average Bonchev–Trinajstić information content (AvgIpc) is 2.99. The van der Waals surface area contributed by atoms with E-state index in [-0.39, 0.29) is 0 Å². The standard InChI is InChI=1S/C19H18ClN3S/c1-24-19(21-14-8-6-13(20)7-9-14)23-11-10-16-15-4-2-3-5-17(15)22-18(16)12-23/h2-9,22H,10-12H2,1H3. The van der Waals surface area contributed by atoms with E-state index in [1.807, 2.05) is 24.3 Å². The molecule has 122 valence electrons. The van der Waals surface area contributed by atoms with Crippen molar-refractivity contribution in [1.82, 2.24) is 9.88 Å². The van der Waals surface area contributed by atoms with Crippen LogP contribution < -0.4 is 0 Å². The van der Waals surface area contributed by atoms with Gasteiger partial charge in [0.05, 0.1) is 12.2 Å². The van der Waals surface area contributed by atoms with Crippen LogP contribution in [0, 0.1) is 0 Å². The fourth-order valence-corrected chi connectivity index (χ4v) is 3.96. The zero-order chi connectivity index (χ0) is 16.5. The molecular weight excluding hydrogens is 338 g/mol. The molecule has 0 saturated heterocycles. The van der Waals surface area contributed by atoms with E-state index in [9.17, 15) is 0 Å². The molecule has 2 aromatic carbocycles. The minimum atomic E-state index is 0.736. The molecule has 1 N–H and O–H groups in total. The summed E-state index contributed by atoms with van der Waals surface area (Å²) in [6, 6.07) is 16.2. The zero-order valence-corrected chi connectivity index (χ0v) is 15.0. The Morgan fingerprint density at radius 2 is 1.96 bits per heavy atom. The summed E-state index contributed by atoms with van der Waals surface area (Å²) >= 11 is 7.64. The van der Waals surface area contributed by atoms with Crippen LogP contribution in [0.3, 0.4) is 0 Å². The Balaban J connectivity index is 1.63. The van der Waals surface area contributed by atoms with Crippen LogP contribution in [0.15, 0.2) is 53.5 Å². The Hall–Kier alpha value is -1.91. The summed E-state index contributed by atoms with van der Waals surface area (Å²) in [5, 5.41) is 3.13. The second-order valence-electron chi connectivity index (χ2n) is 5.87. The van der Waals surface area contributed by atoms with Crippen molar-refractivity contribution in [1.29, 1.82) is 0 Å². The highest BCUT2D eigenvalue weighted by Crippen LogP contribution is 2.29. The van der Waals surface area contributed by atoms with Crippen molar-refractivity contribution in [2.75, 3.05) is 12.8 Å². The molecule has 0 spiro atoms. The lowest BCUT2D eigenvalue weighted by Crippen LogP contribution is -2.34. The molecular formula is C19H18ClN3S. The molecule has 0 saturated carbocycles. The van der Waals surface area contributed by atoms with E-state index in [0.29, 0.717) is 0 Å². The molecule has 1 aromatic heterocycles. The third-order valence-electron chi connectivity index (χ3n) is 4.39. The van der Waals surface area contributed by atoms with Gasteiger partial charge in [0.15, 0.2) is 5.17 Å². The number of fused-ring (bicyclic) bond motifs is 3. The van der Waals surface area contributed by atoms with Gasteiger partial charge < -0.3 is 9.88 Å². The van der Waals surface area contributed by atoms with E-state index in [0.717, 1.165) is 35.4 Å². The second kappa shape index (κ2) is 6.54. The molecule has 5 heteroatoms. The van der Waals surface area contributed by atoms with E-state index in [1.54, 1.807) is 11.8 Å². The first-order valence-corrected chi connectivity index (χ1v) is 9.56. The van der Waals surface area contributed by atoms with Gasteiger partial charge in [-0.15, -0.1) is 0 Å². The summed E-state index contributed by atoms with van der Waals surface area (Å²) < 4.78 is 0. The minimum Gasteiger partial charge on any atom is -0.357 e. The molecule has 0 atom stereocenters. The smallest absolute Gasteiger partial charge is 0.164 e. The maximum atomic E-state index is 5.96. The van der Waals surface area contributed by atoms with E-state index < -0.39 is 0 Å². The van der Waals surface area contributed by atoms with Crippen molar-refractivity contribution < 1.29 is 0 Å². The summed E-state index contributed by atoms with van der Waals surface area (Å²) in [7, 11) is 0.